The van der Waals surface area contributed by atoms with E-state index in [1.807, 2.05) is 33.8 Å². The fourth-order valence-corrected chi connectivity index (χ4v) is 6.08. The van der Waals surface area contributed by atoms with E-state index in [4.69, 9.17) is 21.1 Å². The van der Waals surface area contributed by atoms with E-state index >= 15 is 0 Å². The maximum Gasteiger partial charge on any atom is 0.264 e. The van der Waals surface area contributed by atoms with Crippen LogP contribution < -0.4 is 19.1 Å². The van der Waals surface area contributed by atoms with E-state index in [1.165, 1.54) is 29.2 Å². The zero-order valence-corrected chi connectivity index (χ0v) is 27.0. The molecular formula is C32H40ClN3O6S. The molecule has 2 amide bonds. The van der Waals surface area contributed by atoms with Crippen LogP contribution in [0, 0.1) is 0 Å². The molecule has 0 saturated heterocycles. The molecule has 0 aliphatic carbocycles. The van der Waals surface area contributed by atoms with Crippen molar-refractivity contribution in [3.63, 3.8) is 0 Å². The molecule has 1 atom stereocenters. The predicted octanol–water partition coefficient (Wildman–Crippen LogP) is 5.66. The molecule has 3 aromatic carbocycles. The van der Waals surface area contributed by atoms with Gasteiger partial charge in [0.1, 0.15) is 24.1 Å². The molecule has 0 aliphatic rings. The van der Waals surface area contributed by atoms with Crippen LogP contribution in [0.3, 0.4) is 0 Å². The Kier molecular flexibility index (Phi) is 11.5. The first-order chi connectivity index (χ1) is 20.3. The van der Waals surface area contributed by atoms with E-state index in [9.17, 15) is 18.0 Å². The van der Waals surface area contributed by atoms with Crippen LogP contribution in [0.4, 0.5) is 5.69 Å². The second-order valence-corrected chi connectivity index (χ2v) is 13.2. The number of amides is 2. The summed E-state index contributed by atoms with van der Waals surface area (Å²) >= 11 is 6.04. The van der Waals surface area contributed by atoms with Crippen molar-refractivity contribution < 1.29 is 27.5 Å². The van der Waals surface area contributed by atoms with Crippen LogP contribution in [0.5, 0.6) is 11.5 Å². The van der Waals surface area contributed by atoms with Gasteiger partial charge in [-0.1, -0.05) is 42.8 Å². The molecule has 3 aromatic rings. The molecule has 1 N–H and O–H groups in total. The van der Waals surface area contributed by atoms with Crippen LogP contribution in [-0.2, 0) is 26.2 Å². The largest absolute Gasteiger partial charge is 0.497 e. The van der Waals surface area contributed by atoms with E-state index < -0.39 is 34.1 Å². The van der Waals surface area contributed by atoms with Crippen molar-refractivity contribution in [2.45, 2.75) is 64.1 Å². The number of methoxy groups -OCH3 is 1. The highest BCUT2D eigenvalue weighted by Crippen LogP contribution is 2.33. The van der Waals surface area contributed by atoms with Crippen molar-refractivity contribution in [1.82, 2.24) is 10.2 Å². The summed E-state index contributed by atoms with van der Waals surface area (Å²) in [6, 6.07) is 18.7. The van der Waals surface area contributed by atoms with Gasteiger partial charge in [0.2, 0.25) is 11.8 Å². The van der Waals surface area contributed by atoms with Crippen LogP contribution in [0.25, 0.3) is 0 Å². The molecule has 0 aliphatic heterocycles. The summed E-state index contributed by atoms with van der Waals surface area (Å²) in [4.78, 5) is 29.2. The molecule has 0 bridgehead atoms. The molecule has 0 spiro atoms. The number of sulfonamides is 1. The van der Waals surface area contributed by atoms with Crippen LogP contribution in [0.1, 0.15) is 46.6 Å². The van der Waals surface area contributed by atoms with Gasteiger partial charge in [0.05, 0.1) is 24.3 Å². The number of rotatable bonds is 13. The highest BCUT2D eigenvalue weighted by atomic mass is 35.5. The summed E-state index contributed by atoms with van der Waals surface area (Å²) in [5.41, 5.74) is 0.368. The van der Waals surface area contributed by atoms with Gasteiger partial charge in [-0.05, 0) is 88.2 Å². The summed E-state index contributed by atoms with van der Waals surface area (Å²) in [7, 11) is -2.73. The molecule has 3 rings (SSSR count). The number of anilines is 1. The Morgan fingerprint density at radius 1 is 0.977 bits per heavy atom. The lowest BCUT2D eigenvalue weighted by atomic mass is 10.1. The molecule has 43 heavy (non-hydrogen) atoms. The molecule has 0 aromatic heterocycles. The average molecular weight is 630 g/mol. The third-order valence-corrected chi connectivity index (χ3v) is 8.51. The lowest BCUT2D eigenvalue weighted by Gasteiger charge is -2.35. The molecule has 9 nitrogen and oxygen atoms in total. The third kappa shape index (κ3) is 8.87. The normalized spacial score (nSPS) is 12.3. The first kappa shape index (κ1) is 33.7. The lowest BCUT2D eigenvalue weighted by Crippen LogP contribution is -2.55. The van der Waals surface area contributed by atoms with Crippen LogP contribution >= 0.6 is 11.6 Å². The van der Waals surface area contributed by atoms with Crippen molar-refractivity contribution in [2.75, 3.05) is 24.6 Å². The minimum atomic E-state index is -4.28. The van der Waals surface area contributed by atoms with Crippen LogP contribution in [-0.4, -0.2) is 57.0 Å². The summed E-state index contributed by atoms with van der Waals surface area (Å²) < 4.78 is 40.4. The van der Waals surface area contributed by atoms with Crippen molar-refractivity contribution in [3.8, 4) is 11.5 Å². The summed E-state index contributed by atoms with van der Waals surface area (Å²) in [6.07, 6.45) is 0.303. The summed E-state index contributed by atoms with van der Waals surface area (Å²) in [5.74, 6) is -0.0162. The van der Waals surface area contributed by atoms with Crippen LogP contribution in [0.2, 0.25) is 5.02 Å². The Morgan fingerprint density at radius 3 is 2.26 bits per heavy atom. The van der Waals surface area contributed by atoms with Crippen molar-refractivity contribution >= 4 is 39.1 Å². The number of halogens is 1. The lowest BCUT2D eigenvalue weighted by molar-refractivity contribution is -0.141. The first-order valence-corrected chi connectivity index (χ1v) is 15.9. The van der Waals surface area contributed by atoms with Gasteiger partial charge in [-0.2, -0.15) is 0 Å². The SMILES string of the molecule is CCOc1ccccc1N(CC(=O)N(Cc1cccc(OC)c1)[C@H](CC)C(=O)NC(C)(C)C)S(=O)(=O)c1ccc(Cl)cc1. The maximum absolute atomic E-state index is 14.3. The monoisotopic (exact) mass is 629 g/mol. The number of para-hydroxylation sites is 2. The minimum Gasteiger partial charge on any atom is -0.497 e. The maximum atomic E-state index is 14.3. The number of carbonyl (C=O) groups excluding carboxylic acids is 2. The van der Waals surface area contributed by atoms with E-state index in [1.54, 1.807) is 56.5 Å². The van der Waals surface area contributed by atoms with Gasteiger partial charge >= 0.3 is 0 Å². The molecular weight excluding hydrogens is 590 g/mol. The Morgan fingerprint density at radius 2 is 1.65 bits per heavy atom. The summed E-state index contributed by atoms with van der Waals surface area (Å²) in [6.45, 7) is 8.92. The van der Waals surface area contributed by atoms with Crippen LogP contribution in [0.15, 0.2) is 77.7 Å². The highest BCUT2D eigenvalue weighted by Gasteiger charge is 2.35. The minimum absolute atomic E-state index is 0.0483. The molecule has 232 valence electrons. The average Bonchev–Trinajstić information content (AvgIpc) is 2.95. The second-order valence-electron chi connectivity index (χ2n) is 10.9. The molecule has 0 heterocycles. The fraction of sp³-hybridized carbons (Fsp3) is 0.375. The van der Waals surface area contributed by atoms with E-state index in [0.717, 1.165) is 9.87 Å². The molecule has 11 heteroatoms. The summed E-state index contributed by atoms with van der Waals surface area (Å²) in [5, 5.41) is 3.34. The topological polar surface area (TPSA) is 105 Å². The quantitative estimate of drug-likeness (QED) is 0.261. The smallest absolute Gasteiger partial charge is 0.264 e. The number of benzene rings is 3. The Hall–Kier alpha value is -3.76. The first-order valence-electron chi connectivity index (χ1n) is 14.0. The zero-order chi connectivity index (χ0) is 31.8. The fourth-order valence-electron chi connectivity index (χ4n) is 4.53. The number of carbonyl (C=O) groups is 2. The van der Waals surface area contributed by atoms with Gasteiger partial charge in [-0.3, -0.25) is 13.9 Å². The Bertz CT molecular complexity index is 1510. The molecule has 0 saturated carbocycles. The van der Waals surface area contributed by atoms with Gasteiger partial charge in [0.25, 0.3) is 10.0 Å². The second kappa shape index (κ2) is 14.6. The van der Waals surface area contributed by atoms with Crippen molar-refractivity contribution in [3.05, 3.63) is 83.4 Å². The number of nitrogens with one attached hydrogen (secondary N) is 1. The Balaban J connectivity index is 2.13. The highest BCUT2D eigenvalue weighted by molar-refractivity contribution is 7.92. The predicted molar refractivity (Wildman–Crippen MR) is 169 cm³/mol. The van der Waals surface area contributed by atoms with E-state index in [0.29, 0.717) is 22.9 Å². The molecule has 0 unspecified atom stereocenters. The zero-order valence-electron chi connectivity index (χ0n) is 25.5. The molecule has 0 radical (unpaired) electrons. The van der Waals surface area contributed by atoms with Gasteiger partial charge in [0, 0.05) is 17.1 Å². The number of ether oxygens (including phenoxy) is 2. The van der Waals surface area contributed by atoms with Gasteiger partial charge in [-0.25, -0.2) is 8.42 Å². The van der Waals surface area contributed by atoms with Gasteiger partial charge < -0.3 is 19.7 Å². The standard InChI is InChI=1S/C32H40ClN3O6S/c1-7-27(31(38)34-32(3,4)5)35(21-23-12-11-13-25(20-23)41-6)30(37)22-36(28-14-9-10-15-29(28)42-8-2)43(39,40)26-18-16-24(33)17-19-26/h9-20,27H,7-8,21-22H2,1-6H3,(H,34,38)/t27-/m1/s1. The van der Waals surface area contributed by atoms with Crippen molar-refractivity contribution in [1.29, 1.82) is 0 Å². The number of nitrogens with zero attached hydrogens (tertiary/aromatic N) is 2. The van der Waals surface area contributed by atoms with Crippen molar-refractivity contribution in [2.24, 2.45) is 0 Å². The van der Waals surface area contributed by atoms with E-state index in [-0.39, 0.29) is 29.6 Å². The van der Waals surface area contributed by atoms with Gasteiger partial charge in [0.15, 0.2) is 0 Å². The van der Waals surface area contributed by atoms with Gasteiger partial charge in [-0.15, -0.1) is 0 Å². The Labute approximate surface area is 259 Å². The van der Waals surface area contributed by atoms with E-state index in [2.05, 4.69) is 5.32 Å². The number of hydrogen-bond donors (Lipinski definition) is 1. The molecule has 0 fully saturated rings. The number of hydrogen-bond acceptors (Lipinski definition) is 6. The third-order valence-electron chi connectivity index (χ3n) is 6.49.